The molecule has 0 aromatic rings. The van der Waals surface area contributed by atoms with Crippen molar-refractivity contribution < 1.29 is 13.7 Å². The van der Waals surface area contributed by atoms with Gasteiger partial charge in [0.05, 0.1) is 13.5 Å². The van der Waals surface area contributed by atoms with Crippen LogP contribution in [0.2, 0.25) is 0 Å². The summed E-state index contributed by atoms with van der Waals surface area (Å²) in [4.78, 5) is 11.3. The van der Waals surface area contributed by atoms with Crippen LogP contribution in [0.4, 0.5) is 0 Å². The monoisotopic (exact) mass is 258 g/mol. The molecule has 0 heterocycles. The Labute approximate surface area is 106 Å². The summed E-state index contributed by atoms with van der Waals surface area (Å²) in [5, 5.41) is 0. The zero-order valence-electron chi connectivity index (χ0n) is 10.6. The van der Waals surface area contributed by atoms with E-state index in [9.17, 15) is 9.00 Å². The van der Waals surface area contributed by atoms with E-state index >= 15 is 0 Å². The summed E-state index contributed by atoms with van der Waals surface area (Å²) in [6.45, 7) is 0. The van der Waals surface area contributed by atoms with Crippen LogP contribution in [0.3, 0.4) is 0 Å². The average Bonchev–Trinajstić information content (AvgIpc) is 2.83. The van der Waals surface area contributed by atoms with Crippen LogP contribution in [0, 0.1) is 11.3 Å². The molecule has 17 heavy (non-hydrogen) atoms. The highest BCUT2D eigenvalue weighted by Crippen LogP contribution is 2.49. The van der Waals surface area contributed by atoms with Crippen molar-refractivity contribution in [3.63, 3.8) is 0 Å². The van der Waals surface area contributed by atoms with Gasteiger partial charge in [-0.2, -0.15) is 0 Å². The highest BCUT2D eigenvalue weighted by atomic mass is 32.2. The lowest BCUT2D eigenvalue weighted by Crippen LogP contribution is -2.21. The molecular formula is C13H22O3S. The lowest BCUT2D eigenvalue weighted by Gasteiger charge is -2.15. The van der Waals surface area contributed by atoms with Gasteiger partial charge in [0.15, 0.2) is 0 Å². The summed E-state index contributed by atoms with van der Waals surface area (Å²) < 4.78 is 16.8. The maximum atomic E-state index is 12.1. The van der Waals surface area contributed by atoms with Gasteiger partial charge in [0.1, 0.15) is 0 Å². The van der Waals surface area contributed by atoms with E-state index in [1.165, 1.54) is 32.8 Å². The third-order valence-corrected chi connectivity index (χ3v) is 5.85. The number of carbonyl (C=O) groups excluding carboxylic acids is 1. The molecule has 0 aliphatic heterocycles. The van der Waals surface area contributed by atoms with E-state index in [1.54, 1.807) is 0 Å². The van der Waals surface area contributed by atoms with E-state index in [2.05, 4.69) is 0 Å². The first kappa shape index (κ1) is 13.1. The number of hydrogen-bond acceptors (Lipinski definition) is 3. The van der Waals surface area contributed by atoms with Crippen molar-refractivity contribution in [2.75, 3.05) is 18.6 Å². The van der Waals surface area contributed by atoms with E-state index in [0.29, 0.717) is 18.1 Å². The molecule has 1 unspecified atom stereocenters. The van der Waals surface area contributed by atoms with Crippen LogP contribution in [0.15, 0.2) is 0 Å². The van der Waals surface area contributed by atoms with Crippen LogP contribution < -0.4 is 0 Å². The Kier molecular flexibility index (Phi) is 4.23. The maximum absolute atomic E-state index is 12.1. The molecule has 2 rings (SSSR count). The summed E-state index contributed by atoms with van der Waals surface area (Å²) in [6.07, 6.45) is 7.63. The van der Waals surface area contributed by atoms with Gasteiger partial charge in [0.25, 0.3) is 0 Å². The molecule has 3 nitrogen and oxygen atoms in total. The van der Waals surface area contributed by atoms with Crippen LogP contribution in [0.25, 0.3) is 0 Å². The Morgan fingerprint density at radius 3 is 2.53 bits per heavy atom. The van der Waals surface area contributed by atoms with Crippen LogP contribution in [-0.2, 0) is 20.3 Å². The van der Waals surface area contributed by atoms with Crippen molar-refractivity contribution in [3.8, 4) is 0 Å². The molecule has 4 heteroatoms. The van der Waals surface area contributed by atoms with Crippen molar-refractivity contribution in [1.29, 1.82) is 0 Å². The molecule has 2 aliphatic carbocycles. The highest BCUT2D eigenvalue weighted by molar-refractivity contribution is 7.85. The second kappa shape index (κ2) is 5.51. The van der Waals surface area contributed by atoms with Gasteiger partial charge in [-0.15, -0.1) is 0 Å². The molecule has 0 aromatic heterocycles. The quantitative estimate of drug-likeness (QED) is 0.686. The van der Waals surface area contributed by atoms with Gasteiger partial charge >= 0.3 is 5.97 Å². The number of carbonyl (C=O) groups is 1. The van der Waals surface area contributed by atoms with Crippen molar-refractivity contribution in [3.05, 3.63) is 0 Å². The molecule has 1 atom stereocenters. The minimum Gasteiger partial charge on any atom is -0.469 e. The molecule has 0 saturated heterocycles. The smallest absolute Gasteiger partial charge is 0.306 e. The fourth-order valence-corrected chi connectivity index (χ4v) is 4.82. The van der Waals surface area contributed by atoms with Crippen molar-refractivity contribution in [2.45, 2.75) is 44.9 Å². The van der Waals surface area contributed by atoms with Gasteiger partial charge < -0.3 is 4.74 Å². The van der Waals surface area contributed by atoms with Gasteiger partial charge in [0, 0.05) is 22.3 Å². The SMILES string of the molecule is COC(=O)CC1(CS(=O)CC2CCCC2)CC1. The number of hydrogen-bond donors (Lipinski definition) is 0. The zero-order chi connectivity index (χ0) is 12.3. The summed E-state index contributed by atoms with van der Waals surface area (Å²) >= 11 is 0. The first-order chi connectivity index (χ1) is 8.13. The minimum atomic E-state index is -0.743. The van der Waals surface area contributed by atoms with Gasteiger partial charge in [-0.1, -0.05) is 12.8 Å². The Balaban J connectivity index is 1.75. The normalized spacial score (nSPS) is 24.5. The number of esters is 1. The summed E-state index contributed by atoms with van der Waals surface area (Å²) in [5.74, 6) is 2.08. The topological polar surface area (TPSA) is 43.4 Å². The van der Waals surface area contributed by atoms with Gasteiger partial charge in [-0.25, -0.2) is 0 Å². The van der Waals surface area contributed by atoms with Crippen LogP contribution in [0.1, 0.15) is 44.9 Å². The van der Waals surface area contributed by atoms with Crippen LogP contribution in [0.5, 0.6) is 0 Å². The van der Waals surface area contributed by atoms with Crippen molar-refractivity contribution >= 4 is 16.8 Å². The highest BCUT2D eigenvalue weighted by Gasteiger charge is 2.46. The minimum absolute atomic E-state index is 0.0244. The largest absolute Gasteiger partial charge is 0.469 e. The van der Waals surface area contributed by atoms with Gasteiger partial charge in [0.2, 0.25) is 0 Å². The Hall–Kier alpha value is -0.380. The summed E-state index contributed by atoms with van der Waals surface area (Å²) in [6, 6.07) is 0. The second-order valence-corrected chi connectivity index (χ2v) is 7.16. The van der Waals surface area contributed by atoms with E-state index in [0.717, 1.165) is 18.6 Å². The van der Waals surface area contributed by atoms with E-state index in [1.807, 2.05) is 0 Å². The third-order valence-electron chi connectivity index (χ3n) is 4.07. The Morgan fingerprint density at radius 1 is 1.35 bits per heavy atom. The first-order valence-electron chi connectivity index (χ1n) is 6.55. The molecular weight excluding hydrogens is 236 g/mol. The van der Waals surface area contributed by atoms with Crippen LogP contribution >= 0.6 is 0 Å². The third kappa shape index (κ3) is 3.80. The lowest BCUT2D eigenvalue weighted by molar-refractivity contribution is -0.141. The predicted molar refractivity (Wildman–Crippen MR) is 68.1 cm³/mol. The van der Waals surface area contributed by atoms with E-state index in [4.69, 9.17) is 4.74 Å². The number of ether oxygens (including phenoxy) is 1. The Bertz CT molecular complexity index is 304. The standard InChI is InChI=1S/C13H22O3S/c1-16-12(14)8-13(6-7-13)10-17(15)9-11-4-2-3-5-11/h11H,2-10H2,1H3. The maximum Gasteiger partial charge on any atom is 0.306 e. The molecule has 98 valence electrons. The molecule has 0 spiro atoms. The average molecular weight is 258 g/mol. The zero-order valence-corrected chi connectivity index (χ0v) is 11.4. The molecule has 0 bridgehead atoms. The van der Waals surface area contributed by atoms with E-state index < -0.39 is 10.8 Å². The van der Waals surface area contributed by atoms with Gasteiger partial charge in [-0.05, 0) is 37.0 Å². The molecule has 2 aliphatic rings. The molecule has 0 aromatic carbocycles. The number of methoxy groups -OCH3 is 1. The van der Waals surface area contributed by atoms with Crippen LogP contribution in [-0.4, -0.2) is 28.8 Å². The van der Waals surface area contributed by atoms with Crippen molar-refractivity contribution in [2.24, 2.45) is 11.3 Å². The summed E-state index contributed by atoms with van der Waals surface area (Å²) in [5.41, 5.74) is 0.0244. The predicted octanol–water partition coefficient (Wildman–Crippen LogP) is 2.27. The summed E-state index contributed by atoms with van der Waals surface area (Å²) in [7, 11) is 0.682. The Morgan fingerprint density at radius 2 is 2.00 bits per heavy atom. The molecule has 0 radical (unpaired) electrons. The fourth-order valence-electron chi connectivity index (χ4n) is 2.77. The molecule has 2 saturated carbocycles. The fraction of sp³-hybridized carbons (Fsp3) is 0.923. The van der Waals surface area contributed by atoms with Crippen molar-refractivity contribution in [1.82, 2.24) is 0 Å². The molecule has 2 fully saturated rings. The van der Waals surface area contributed by atoms with Gasteiger partial charge in [-0.3, -0.25) is 9.00 Å². The molecule has 0 amide bonds. The first-order valence-corrected chi connectivity index (χ1v) is 8.04. The van der Waals surface area contributed by atoms with E-state index in [-0.39, 0.29) is 11.4 Å². The lowest BCUT2D eigenvalue weighted by atomic mass is 10.1. The second-order valence-electron chi connectivity index (χ2n) is 5.65. The molecule has 0 N–H and O–H groups in total. The number of rotatable bonds is 6.